The van der Waals surface area contributed by atoms with E-state index in [4.69, 9.17) is 16.3 Å². The highest BCUT2D eigenvalue weighted by Crippen LogP contribution is 2.40. The van der Waals surface area contributed by atoms with Crippen LogP contribution < -0.4 is 15.4 Å². The minimum absolute atomic E-state index is 0.0779. The Balaban J connectivity index is 1.54. The molecule has 0 bridgehead atoms. The molecule has 0 radical (unpaired) electrons. The molecular weight excluding hydrogens is 494 g/mol. The number of nitrogens with one attached hydrogen (secondary N) is 2. The Kier molecular flexibility index (Phi) is 7.06. The largest absolute Gasteiger partial charge is 0.478 e. The van der Waals surface area contributed by atoms with E-state index in [1.807, 2.05) is 79.9 Å². The van der Waals surface area contributed by atoms with Crippen LogP contribution in [0.2, 0.25) is 0 Å². The summed E-state index contributed by atoms with van der Waals surface area (Å²) in [7, 11) is 0. The van der Waals surface area contributed by atoms with Gasteiger partial charge in [-0.25, -0.2) is 9.97 Å². The molecule has 5 rings (SSSR count). The molecule has 180 valence electrons. The molecule has 0 atom stereocenters. The zero-order chi connectivity index (χ0) is 24.9. The summed E-state index contributed by atoms with van der Waals surface area (Å²) in [4.78, 5) is 28.4. The fraction of sp³-hybridized carbons (Fsp3) is 0.111. The van der Waals surface area contributed by atoms with Gasteiger partial charge in [0.1, 0.15) is 16.4 Å². The number of alkyl halides is 1. The predicted octanol–water partition coefficient (Wildman–Crippen LogP) is 6.50. The molecule has 3 aromatic heterocycles. The van der Waals surface area contributed by atoms with Crippen molar-refractivity contribution < 1.29 is 9.53 Å². The molecule has 0 saturated heterocycles. The summed E-state index contributed by atoms with van der Waals surface area (Å²) in [5, 5.41) is 7.16. The van der Waals surface area contributed by atoms with Crippen LogP contribution >= 0.6 is 22.9 Å². The second kappa shape index (κ2) is 10.7. The second-order valence-electron chi connectivity index (χ2n) is 7.95. The maximum Gasteiger partial charge on any atom is 0.293 e. The van der Waals surface area contributed by atoms with Crippen molar-refractivity contribution in [2.45, 2.75) is 13.5 Å². The number of anilines is 2. The Bertz CT molecular complexity index is 1510. The van der Waals surface area contributed by atoms with E-state index < -0.39 is 0 Å². The van der Waals surface area contributed by atoms with Crippen LogP contribution in [-0.2, 0) is 6.54 Å². The third-order valence-corrected chi connectivity index (χ3v) is 6.87. The molecule has 36 heavy (non-hydrogen) atoms. The van der Waals surface area contributed by atoms with Gasteiger partial charge >= 0.3 is 0 Å². The molecule has 0 aliphatic rings. The van der Waals surface area contributed by atoms with Gasteiger partial charge in [-0.3, -0.25) is 9.78 Å². The summed E-state index contributed by atoms with van der Waals surface area (Å²) in [6.07, 6.45) is 3.57. The molecule has 3 heterocycles. The number of thiophene rings is 1. The van der Waals surface area contributed by atoms with Crippen LogP contribution in [0.4, 0.5) is 11.5 Å². The van der Waals surface area contributed by atoms with Crippen molar-refractivity contribution in [3.63, 3.8) is 0 Å². The molecule has 0 fully saturated rings. The Morgan fingerprint density at radius 3 is 2.69 bits per heavy atom. The lowest BCUT2D eigenvalue weighted by atomic mass is 10.1. The van der Waals surface area contributed by atoms with Gasteiger partial charge in [-0.15, -0.1) is 11.3 Å². The number of pyridine rings is 1. The first-order chi connectivity index (χ1) is 17.6. The molecule has 0 saturated carbocycles. The van der Waals surface area contributed by atoms with E-state index in [1.165, 1.54) is 11.3 Å². The third kappa shape index (κ3) is 5.15. The lowest BCUT2D eigenvalue weighted by Gasteiger charge is -2.11. The Morgan fingerprint density at radius 1 is 1.06 bits per heavy atom. The predicted molar refractivity (Wildman–Crippen MR) is 145 cm³/mol. The van der Waals surface area contributed by atoms with Crippen LogP contribution in [0.1, 0.15) is 21.7 Å². The zero-order valence-electron chi connectivity index (χ0n) is 19.4. The monoisotopic (exact) mass is 515 g/mol. The van der Waals surface area contributed by atoms with Crippen LogP contribution in [0.25, 0.3) is 20.7 Å². The Labute approximate surface area is 217 Å². The van der Waals surface area contributed by atoms with Crippen LogP contribution in [-0.4, -0.2) is 26.9 Å². The first-order valence-corrected chi connectivity index (χ1v) is 12.6. The van der Waals surface area contributed by atoms with E-state index in [-0.39, 0.29) is 17.8 Å². The number of hydrogen-bond donors (Lipinski definition) is 2. The summed E-state index contributed by atoms with van der Waals surface area (Å²) in [5.41, 5.74) is 3.68. The summed E-state index contributed by atoms with van der Waals surface area (Å²) >= 11 is 7.22. The summed E-state index contributed by atoms with van der Waals surface area (Å²) in [6, 6.07) is 20.9. The minimum atomic E-state index is -0.377. The minimum Gasteiger partial charge on any atom is -0.478 e. The lowest BCUT2D eigenvalue weighted by Crippen LogP contribution is -2.17. The number of halogens is 1. The molecule has 2 N–H and O–H groups in total. The van der Waals surface area contributed by atoms with Gasteiger partial charge in [0, 0.05) is 35.1 Å². The topological polar surface area (TPSA) is 89.0 Å². The van der Waals surface area contributed by atoms with Gasteiger partial charge in [-0.2, -0.15) is 0 Å². The molecular formula is C27H22ClN5O2S. The molecule has 2 aromatic carbocycles. The molecule has 0 aliphatic heterocycles. The fourth-order valence-electron chi connectivity index (χ4n) is 3.84. The van der Waals surface area contributed by atoms with Crippen molar-refractivity contribution in [3.8, 4) is 16.2 Å². The van der Waals surface area contributed by atoms with E-state index in [0.717, 1.165) is 31.8 Å². The normalized spacial score (nSPS) is 10.8. The summed E-state index contributed by atoms with van der Waals surface area (Å²) in [6.45, 7) is 2.51. The zero-order valence-corrected chi connectivity index (χ0v) is 20.9. The molecule has 9 heteroatoms. The SMILES string of the molecule is Cc1c(-c2cccnc2)sc2nc(C(=O)Nc3ccccc3)nc(NCc3cccc(OCCl)c3)c12. The summed E-state index contributed by atoms with van der Waals surface area (Å²) in [5.74, 6) is 0.987. The number of ether oxygens (including phenoxy) is 1. The van der Waals surface area contributed by atoms with Gasteiger partial charge in [0.2, 0.25) is 5.82 Å². The highest BCUT2D eigenvalue weighted by atomic mass is 35.5. The van der Waals surface area contributed by atoms with Crippen molar-refractivity contribution in [2.75, 3.05) is 16.7 Å². The number of carbonyl (C=O) groups excluding carboxylic acids is 1. The van der Waals surface area contributed by atoms with Crippen molar-refractivity contribution in [1.82, 2.24) is 15.0 Å². The number of para-hydroxylation sites is 1. The number of amides is 1. The molecule has 0 unspecified atom stereocenters. The Morgan fingerprint density at radius 2 is 1.92 bits per heavy atom. The van der Waals surface area contributed by atoms with Crippen LogP contribution in [0, 0.1) is 6.92 Å². The first-order valence-electron chi connectivity index (χ1n) is 11.2. The smallest absolute Gasteiger partial charge is 0.293 e. The number of hydrogen-bond acceptors (Lipinski definition) is 7. The third-order valence-electron chi connectivity index (χ3n) is 5.53. The average Bonchev–Trinajstić information content (AvgIpc) is 3.25. The van der Waals surface area contributed by atoms with Crippen LogP contribution in [0.5, 0.6) is 5.75 Å². The van der Waals surface area contributed by atoms with Gasteiger partial charge < -0.3 is 15.4 Å². The Hall–Kier alpha value is -4.01. The maximum absolute atomic E-state index is 13.1. The van der Waals surface area contributed by atoms with Gasteiger partial charge in [0.05, 0.1) is 5.39 Å². The highest BCUT2D eigenvalue weighted by Gasteiger charge is 2.20. The van der Waals surface area contributed by atoms with E-state index in [2.05, 4.69) is 25.6 Å². The number of aryl methyl sites for hydroxylation is 1. The maximum atomic E-state index is 13.1. The van der Waals surface area contributed by atoms with Crippen molar-refractivity contribution in [3.05, 3.63) is 96.1 Å². The van der Waals surface area contributed by atoms with Crippen LogP contribution in [0.15, 0.2) is 79.1 Å². The van der Waals surface area contributed by atoms with E-state index in [0.29, 0.717) is 23.8 Å². The van der Waals surface area contributed by atoms with Crippen molar-refractivity contribution in [2.24, 2.45) is 0 Å². The summed E-state index contributed by atoms with van der Waals surface area (Å²) < 4.78 is 5.40. The number of fused-ring (bicyclic) bond motifs is 1. The van der Waals surface area contributed by atoms with Gasteiger partial charge in [-0.1, -0.05) is 48.0 Å². The first kappa shape index (κ1) is 23.7. The van der Waals surface area contributed by atoms with Gasteiger partial charge in [0.15, 0.2) is 6.07 Å². The molecule has 7 nitrogen and oxygen atoms in total. The number of benzene rings is 2. The standard InChI is InChI=1S/C27H22ClN5O2S/c1-17-22-24(30-14-18-7-5-11-21(13-18)35-16-28)32-25(26(34)31-20-9-3-2-4-10-20)33-27(22)36-23(17)19-8-6-12-29-15-19/h2-13,15H,14,16H2,1H3,(H,31,34)(H,30,32,33). The number of rotatable bonds is 8. The fourth-order valence-corrected chi connectivity index (χ4v) is 5.14. The molecule has 0 spiro atoms. The number of nitrogens with zero attached hydrogens (tertiary/aromatic N) is 3. The molecule has 1 amide bonds. The average molecular weight is 516 g/mol. The quantitative estimate of drug-likeness (QED) is 0.229. The van der Waals surface area contributed by atoms with Gasteiger partial charge in [0.25, 0.3) is 5.91 Å². The van der Waals surface area contributed by atoms with Crippen molar-refractivity contribution >= 4 is 50.6 Å². The van der Waals surface area contributed by atoms with Crippen molar-refractivity contribution in [1.29, 1.82) is 0 Å². The van der Waals surface area contributed by atoms with Crippen LogP contribution in [0.3, 0.4) is 0 Å². The lowest BCUT2D eigenvalue weighted by molar-refractivity contribution is 0.101. The number of aromatic nitrogens is 3. The number of carbonyl (C=O) groups is 1. The van der Waals surface area contributed by atoms with E-state index in [9.17, 15) is 4.79 Å². The van der Waals surface area contributed by atoms with Gasteiger partial charge in [-0.05, 0) is 48.4 Å². The second-order valence-corrected chi connectivity index (χ2v) is 9.17. The highest BCUT2D eigenvalue weighted by molar-refractivity contribution is 7.22. The molecule has 5 aromatic rings. The molecule has 0 aliphatic carbocycles. The van der Waals surface area contributed by atoms with E-state index in [1.54, 1.807) is 6.20 Å². The van der Waals surface area contributed by atoms with E-state index >= 15 is 0 Å².